The second-order valence-electron chi connectivity index (χ2n) is 3.29. The van der Waals surface area contributed by atoms with Crippen molar-refractivity contribution in [3.63, 3.8) is 0 Å². The summed E-state index contributed by atoms with van der Waals surface area (Å²) >= 11 is 0. The van der Waals surface area contributed by atoms with Gasteiger partial charge in [0.1, 0.15) is 0 Å². The van der Waals surface area contributed by atoms with E-state index in [4.69, 9.17) is 5.11 Å². The number of aliphatic hydroxyl groups excluding tert-OH is 1. The molecule has 0 spiro atoms. The molecule has 1 heterocycles. The summed E-state index contributed by atoms with van der Waals surface area (Å²) in [5, 5.41) is 25.6. The molecule has 1 rings (SSSR count). The molecule has 0 aliphatic carbocycles. The fourth-order valence-electron chi connectivity index (χ4n) is 1.32. The van der Waals surface area contributed by atoms with Crippen molar-refractivity contribution in [3.05, 3.63) is 11.4 Å². The lowest BCUT2D eigenvalue weighted by Crippen LogP contribution is -2.18. The number of aromatic nitrogens is 3. The maximum absolute atomic E-state index is 10.8. The van der Waals surface area contributed by atoms with Crippen molar-refractivity contribution in [3.8, 4) is 0 Å². The molecule has 0 aliphatic rings. The molecule has 0 aliphatic heterocycles. The van der Waals surface area contributed by atoms with Crippen LogP contribution in [0.3, 0.4) is 0 Å². The molecule has 0 fully saturated rings. The zero-order valence-electron chi connectivity index (χ0n) is 8.84. The molecular formula is C9H15N3O3. The van der Waals surface area contributed by atoms with Crippen molar-refractivity contribution < 1.29 is 15.0 Å². The number of nitrogens with zero attached hydrogens (tertiary/aromatic N) is 3. The zero-order chi connectivity index (χ0) is 11.4. The molecule has 0 amide bonds. The Hall–Kier alpha value is -1.43. The van der Waals surface area contributed by atoms with Crippen LogP contribution in [0.4, 0.5) is 0 Å². The number of hydrogen-bond donors (Lipinski definition) is 2. The van der Waals surface area contributed by atoms with Gasteiger partial charge in [-0.3, -0.25) is 0 Å². The fourth-order valence-corrected chi connectivity index (χ4v) is 1.32. The van der Waals surface area contributed by atoms with Crippen LogP contribution < -0.4 is 0 Å². The van der Waals surface area contributed by atoms with Gasteiger partial charge in [-0.25, -0.2) is 9.48 Å². The predicted octanol–water partition coefficient (Wildman–Crippen LogP) is 0.310. The van der Waals surface area contributed by atoms with E-state index in [-0.39, 0.29) is 5.69 Å². The Balaban J connectivity index is 2.94. The third-order valence-electron chi connectivity index (χ3n) is 2.23. The fraction of sp³-hybridized carbons (Fsp3) is 0.667. The SMILES string of the molecule is CCc1c(C(=O)O)nnn1CC(O)CC. The van der Waals surface area contributed by atoms with Gasteiger partial charge in [-0.1, -0.05) is 19.1 Å². The predicted molar refractivity (Wildman–Crippen MR) is 52.7 cm³/mol. The largest absolute Gasteiger partial charge is 0.476 e. The molecule has 1 atom stereocenters. The topological polar surface area (TPSA) is 88.2 Å². The van der Waals surface area contributed by atoms with E-state index in [9.17, 15) is 9.90 Å². The lowest BCUT2D eigenvalue weighted by atomic mass is 10.2. The van der Waals surface area contributed by atoms with Crippen LogP contribution in [-0.2, 0) is 13.0 Å². The van der Waals surface area contributed by atoms with E-state index >= 15 is 0 Å². The highest BCUT2D eigenvalue weighted by atomic mass is 16.4. The second-order valence-corrected chi connectivity index (χ2v) is 3.29. The maximum atomic E-state index is 10.8. The van der Waals surface area contributed by atoms with Crippen LogP contribution in [0, 0.1) is 0 Å². The summed E-state index contributed by atoms with van der Waals surface area (Å²) in [6, 6.07) is 0. The second kappa shape index (κ2) is 4.88. The van der Waals surface area contributed by atoms with Gasteiger partial charge < -0.3 is 10.2 Å². The normalized spacial score (nSPS) is 12.7. The summed E-state index contributed by atoms with van der Waals surface area (Å²) in [6.07, 6.45) is 0.620. The molecule has 1 unspecified atom stereocenters. The molecule has 1 aromatic heterocycles. The Labute approximate surface area is 87.5 Å². The van der Waals surface area contributed by atoms with E-state index in [1.807, 2.05) is 13.8 Å². The Morgan fingerprint density at radius 2 is 2.20 bits per heavy atom. The summed E-state index contributed by atoms with van der Waals surface area (Å²) in [4.78, 5) is 10.8. The highest BCUT2D eigenvalue weighted by molar-refractivity contribution is 5.86. The van der Waals surface area contributed by atoms with Crippen LogP contribution >= 0.6 is 0 Å². The Kier molecular flexibility index (Phi) is 3.79. The molecule has 0 aromatic carbocycles. The third-order valence-corrected chi connectivity index (χ3v) is 2.23. The van der Waals surface area contributed by atoms with E-state index in [2.05, 4.69) is 10.3 Å². The van der Waals surface area contributed by atoms with Gasteiger partial charge >= 0.3 is 5.97 Å². The lowest BCUT2D eigenvalue weighted by molar-refractivity contribution is 0.0688. The van der Waals surface area contributed by atoms with Crippen LogP contribution in [0.5, 0.6) is 0 Å². The van der Waals surface area contributed by atoms with Gasteiger partial charge in [0.2, 0.25) is 0 Å². The first-order valence-corrected chi connectivity index (χ1v) is 4.93. The van der Waals surface area contributed by atoms with E-state index in [0.717, 1.165) is 0 Å². The maximum Gasteiger partial charge on any atom is 0.358 e. The number of aliphatic hydroxyl groups is 1. The number of carboxylic acid groups (broad SMARTS) is 1. The molecular weight excluding hydrogens is 198 g/mol. The van der Waals surface area contributed by atoms with Crippen LogP contribution in [0.15, 0.2) is 0 Å². The van der Waals surface area contributed by atoms with Crippen molar-refractivity contribution in [2.45, 2.75) is 39.3 Å². The van der Waals surface area contributed by atoms with E-state index in [0.29, 0.717) is 25.1 Å². The minimum atomic E-state index is -1.08. The number of aromatic carboxylic acids is 1. The van der Waals surface area contributed by atoms with E-state index < -0.39 is 12.1 Å². The summed E-state index contributed by atoms with van der Waals surface area (Å²) in [5.41, 5.74) is 0.524. The molecule has 84 valence electrons. The van der Waals surface area contributed by atoms with Crippen molar-refractivity contribution in [2.24, 2.45) is 0 Å². The summed E-state index contributed by atoms with van der Waals surface area (Å²) in [5.74, 6) is -1.08. The Morgan fingerprint density at radius 1 is 1.53 bits per heavy atom. The molecule has 6 heteroatoms. The average Bonchev–Trinajstić information content (AvgIpc) is 2.60. The summed E-state index contributed by atoms with van der Waals surface area (Å²) in [7, 11) is 0. The number of carbonyl (C=O) groups is 1. The van der Waals surface area contributed by atoms with Gasteiger partial charge in [-0.05, 0) is 12.8 Å². The molecule has 6 nitrogen and oxygen atoms in total. The van der Waals surface area contributed by atoms with Gasteiger partial charge in [-0.15, -0.1) is 5.10 Å². The van der Waals surface area contributed by atoms with Crippen molar-refractivity contribution in [1.82, 2.24) is 15.0 Å². The standard InChI is InChI=1S/C9H15N3O3/c1-3-6(13)5-12-7(4-2)8(9(14)15)10-11-12/h6,13H,3-5H2,1-2H3,(H,14,15). The van der Waals surface area contributed by atoms with Gasteiger partial charge in [0, 0.05) is 0 Å². The van der Waals surface area contributed by atoms with Crippen LogP contribution in [0.25, 0.3) is 0 Å². The summed E-state index contributed by atoms with van der Waals surface area (Å²) < 4.78 is 1.46. The highest BCUT2D eigenvalue weighted by Gasteiger charge is 2.18. The first-order chi connectivity index (χ1) is 7.10. The van der Waals surface area contributed by atoms with Gasteiger partial charge in [0.05, 0.1) is 18.3 Å². The monoisotopic (exact) mass is 213 g/mol. The Morgan fingerprint density at radius 3 is 2.67 bits per heavy atom. The first-order valence-electron chi connectivity index (χ1n) is 4.93. The van der Waals surface area contributed by atoms with Gasteiger partial charge in [-0.2, -0.15) is 0 Å². The molecule has 0 bridgehead atoms. The molecule has 2 N–H and O–H groups in total. The molecule has 1 aromatic rings. The number of hydrogen-bond acceptors (Lipinski definition) is 4. The lowest BCUT2D eigenvalue weighted by Gasteiger charge is -2.09. The van der Waals surface area contributed by atoms with Crippen LogP contribution in [0.2, 0.25) is 0 Å². The van der Waals surface area contributed by atoms with Crippen molar-refractivity contribution in [1.29, 1.82) is 0 Å². The number of carboxylic acids is 1. The van der Waals surface area contributed by atoms with Crippen LogP contribution in [0.1, 0.15) is 36.5 Å². The molecule has 15 heavy (non-hydrogen) atoms. The highest BCUT2D eigenvalue weighted by Crippen LogP contribution is 2.08. The molecule has 0 saturated heterocycles. The van der Waals surface area contributed by atoms with Crippen molar-refractivity contribution >= 4 is 5.97 Å². The number of rotatable bonds is 5. The third kappa shape index (κ3) is 2.53. The van der Waals surface area contributed by atoms with Crippen LogP contribution in [-0.4, -0.2) is 37.3 Å². The summed E-state index contributed by atoms with van der Waals surface area (Å²) in [6.45, 7) is 3.98. The smallest absolute Gasteiger partial charge is 0.358 e. The average molecular weight is 213 g/mol. The molecule has 0 radical (unpaired) electrons. The first kappa shape index (κ1) is 11.6. The minimum Gasteiger partial charge on any atom is -0.476 e. The van der Waals surface area contributed by atoms with E-state index in [1.54, 1.807) is 0 Å². The zero-order valence-corrected chi connectivity index (χ0v) is 8.84. The van der Waals surface area contributed by atoms with Gasteiger partial charge in [0.25, 0.3) is 0 Å². The van der Waals surface area contributed by atoms with Crippen molar-refractivity contribution in [2.75, 3.05) is 0 Å². The quantitative estimate of drug-likeness (QED) is 0.734. The minimum absolute atomic E-state index is 0.0270. The van der Waals surface area contributed by atoms with Gasteiger partial charge in [0.15, 0.2) is 5.69 Å². The van der Waals surface area contributed by atoms with E-state index in [1.165, 1.54) is 4.68 Å². The molecule has 0 saturated carbocycles. The Bertz CT molecular complexity index is 348.